The zero-order chi connectivity index (χ0) is 15.1. The van der Waals surface area contributed by atoms with Crippen LogP contribution in [0.2, 0.25) is 0 Å². The van der Waals surface area contributed by atoms with E-state index in [2.05, 4.69) is 10.5 Å². The third kappa shape index (κ3) is 3.88. The second-order valence-corrected chi connectivity index (χ2v) is 4.38. The Morgan fingerprint density at radius 1 is 1.15 bits per heavy atom. The lowest BCUT2D eigenvalue weighted by Crippen LogP contribution is -2.18. The highest BCUT2D eigenvalue weighted by atomic mass is 16.5. The lowest BCUT2D eigenvalue weighted by Gasteiger charge is -2.13. The number of hydrogen-bond donors (Lipinski definition) is 1. The number of ether oxygens (including phenoxy) is 3. The average molecular weight is 280 g/mol. The van der Waals surface area contributed by atoms with Crippen molar-refractivity contribution in [3.05, 3.63) is 17.7 Å². The SMILES string of the molecule is COc1cc(C(=O)NN=CC(C)C)cc(OC)c1OC. The Bertz CT molecular complexity index is 473. The van der Waals surface area contributed by atoms with Gasteiger partial charge >= 0.3 is 0 Å². The topological polar surface area (TPSA) is 69.2 Å². The Balaban J connectivity index is 3.03. The maximum atomic E-state index is 12.0. The molecule has 1 amide bonds. The molecule has 6 heteroatoms. The fourth-order valence-electron chi connectivity index (χ4n) is 1.52. The molecule has 0 saturated heterocycles. The molecule has 0 aliphatic rings. The van der Waals surface area contributed by atoms with Gasteiger partial charge in [0.1, 0.15) is 0 Å². The Kier molecular flexibility index (Phi) is 5.83. The molecule has 0 spiro atoms. The van der Waals surface area contributed by atoms with Crippen molar-refractivity contribution in [2.45, 2.75) is 13.8 Å². The zero-order valence-electron chi connectivity index (χ0n) is 12.4. The van der Waals surface area contributed by atoms with E-state index in [1.807, 2.05) is 13.8 Å². The normalized spacial score (nSPS) is 10.7. The van der Waals surface area contributed by atoms with E-state index < -0.39 is 0 Å². The smallest absolute Gasteiger partial charge is 0.271 e. The molecule has 0 saturated carbocycles. The van der Waals surface area contributed by atoms with Crippen LogP contribution >= 0.6 is 0 Å². The molecule has 1 rings (SSSR count). The van der Waals surface area contributed by atoms with Gasteiger partial charge in [-0.25, -0.2) is 5.43 Å². The molecule has 1 aromatic carbocycles. The van der Waals surface area contributed by atoms with Gasteiger partial charge in [-0.15, -0.1) is 0 Å². The van der Waals surface area contributed by atoms with Crippen LogP contribution < -0.4 is 19.6 Å². The van der Waals surface area contributed by atoms with Crippen molar-refractivity contribution in [3.63, 3.8) is 0 Å². The van der Waals surface area contributed by atoms with E-state index in [0.29, 0.717) is 22.8 Å². The van der Waals surface area contributed by atoms with Crippen LogP contribution in [0.25, 0.3) is 0 Å². The number of methoxy groups -OCH3 is 3. The van der Waals surface area contributed by atoms with Crippen LogP contribution in [0.1, 0.15) is 24.2 Å². The fraction of sp³-hybridized carbons (Fsp3) is 0.429. The second kappa shape index (κ2) is 7.37. The van der Waals surface area contributed by atoms with Crippen molar-refractivity contribution in [2.75, 3.05) is 21.3 Å². The van der Waals surface area contributed by atoms with Gasteiger partial charge in [0.05, 0.1) is 21.3 Å². The highest BCUT2D eigenvalue weighted by Crippen LogP contribution is 2.38. The van der Waals surface area contributed by atoms with Crippen molar-refractivity contribution in [3.8, 4) is 17.2 Å². The summed E-state index contributed by atoms with van der Waals surface area (Å²) in [4.78, 5) is 12.0. The number of benzene rings is 1. The molecule has 0 heterocycles. The highest BCUT2D eigenvalue weighted by molar-refractivity contribution is 5.95. The molecule has 0 unspecified atom stereocenters. The molecular weight excluding hydrogens is 260 g/mol. The number of rotatable bonds is 6. The number of hydrazone groups is 1. The predicted octanol–water partition coefficient (Wildman–Crippen LogP) is 2.08. The molecule has 20 heavy (non-hydrogen) atoms. The lowest BCUT2D eigenvalue weighted by molar-refractivity contribution is 0.0954. The molecule has 0 aliphatic heterocycles. The summed E-state index contributed by atoms with van der Waals surface area (Å²) in [5.41, 5.74) is 2.82. The van der Waals surface area contributed by atoms with Crippen molar-refractivity contribution < 1.29 is 19.0 Å². The molecule has 1 aromatic rings. The summed E-state index contributed by atoms with van der Waals surface area (Å²) >= 11 is 0. The number of nitrogens with zero attached hydrogens (tertiary/aromatic N) is 1. The maximum Gasteiger partial charge on any atom is 0.271 e. The van der Waals surface area contributed by atoms with Gasteiger partial charge in [-0.3, -0.25) is 4.79 Å². The standard InChI is InChI=1S/C14H20N2O4/c1-9(2)8-15-16-14(17)10-6-11(18-3)13(20-5)12(7-10)19-4/h6-9H,1-5H3,(H,16,17). The lowest BCUT2D eigenvalue weighted by atomic mass is 10.1. The van der Waals surface area contributed by atoms with Gasteiger partial charge in [0.15, 0.2) is 11.5 Å². The number of amides is 1. The number of carbonyl (C=O) groups is 1. The first-order valence-corrected chi connectivity index (χ1v) is 6.17. The molecule has 0 aromatic heterocycles. The molecule has 110 valence electrons. The number of carbonyl (C=O) groups excluding carboxylic acids is 1. The number of hydrogen-bond acceptors (Lipinski definition) is 5. The first-order chi connectivity index (χ1) is 9.53. The third-order valence-electron chi connectivity index (χ3n) is 2.47. The van der Waals surface area contributed by atoms with Crippen LogP contribution in [0.4, 0.5) is 0 Å². The van der Waals surface area contributed by atoms with E-state index in [1.54, 1.807) is 18.3 Å². The average Bonchev–Trinajstić information content (AvgIpc) is 2.44. The Hall–Kier alpha value is -2.24. The van der Waals surface area contributed by atoms with E-state index >= 15 is 0 Å². The monoisotopic (exact) mass is 280 g/mol. The maximum absolute atomic E-state index is 12.0. The van der Waals surface area contributed by atoms with Gasteiger partial charge in [-0.2, -0.15) is 5.10 Å². The van der Waals surface area contributed by atoms with Gasteiger partial charge in [-0.05, 0) is 18.1 Å². The summed E-state index contributed by atoms with van der Waals surface area (Å²) in [5.74, 6) is 1.20. The van der Waals surface area contributed by atoms with E-state index in [1.165, 1.54) is 21.3 Å². The van der Waals surface area contributed by atoms with Crippen molar-refractivity contribution in [2.24, 2.45) is 11.0 Å². The molecule has 0 bridgehead atoms. The van der Waals surface area contributed by atoms with Crippen LogP contribution in [0.5, 0.6) is 17.2 Å². The summed E-state index contributed by atoms with van der Waals surface area (Å²) in [6.45, 7) is 3.93. The van der Waals surface area contributed by atoms with Gasteiger partial charge in [0, 0.05) is 11.8 Å². The van der Waals surface area contributed by atoms with Crippen LogP contribution in [0, 0.1) is 5.92 Å². The Morgan fingerprint density at radius 2 is 1.70 bits per heavy atom. The van der Waals surface area contributed by atoms with Crippen LogP contribution in [0.15, 0.2) is 17.2 Å². The number of nitrogens with one attached hydrogen (secondary N) is 1. The van der Waals surface area contributed by atoms with Crippen molar-refractivity contribution in [1.29, 1.82) is 0 Å². The van der Waals surface area contributed by atoms with E-state index in [4.69, 9.17) is 14.2 Å². The summed E-state index contributed by atoms with van der Waals surface area (Å²) in [7, 11) is 4.50. The first-order valence-electron chi connectivity index (χ1n) is 6.17. The summed E-state index contributed by atoms with van der Waals surface area (Å²) in [6.07, 6.45) is 1.65. The fourth-order valence-corrected chi connectivity index (χ4v) is 1.52. The molecule has 0 aliphatic carbocycles. The second-order valence-electron chi connectivity index (χ2n) is 4.38. The third-order valence-corrected chi connectivity index (χ3v) is 2.47. The van der Waals surface area contributed by atoms with Gasteiger partial charge in [-0.1, -0.05) is 13.8 Å². The Morgan fingerprint density at radius 3 is 2.10 bits per heavy atom. The minimum absolute atomic E-state index is 0.259. The molecular formula is C14H20N2O4. The van der Waals surface area contributed by atoms with E-state index in [-0.39, 0.29) is 11.8 Å². The predicted molar refractivity (Wildman–Crippen MR) is 76.9 cm³/mol. The molecule has 6 nitrogen and oxygen atoms in total. The van der Waals surface area contributed by atoms with Gasteiger partial charge in [0.2, 0.25) is 5.75 Å². The van der Waals surface area contributed by atoms with Crippen LogP contribution in [-0.2, 0) is 0 Å². The zero-order valence-corrected chi connectivity index (χ0v) is 12.4. The van der Waals surface area contributed by atoms with Gasteiger partial charge < -0.3 is 14.2 Å². The van der Waals surface area contributed by atoms with Gasteiger partial charge in [0.25, 0.3) is 5.91 Å². The quantitative estimate of drug-likeness (QED) is 0.640. The molecule has 0 fully saturated rings. The van der Waals surface area contributed by atoms with Crippen LogP contribution in [-0.4, -0.2) is 33.5 Å². The first kappa shape index (κ1) is 15.8. The molecule has 1 N–H and O–H groups in total. The highest BCUT2D eigenvalue weighted by Gasteiger charge is 2.16. The van der Waals surface area contributed by atoms with Crippen molar-refractivity contribution in [1.82, 2.24) is 5.43 Å². The van der Waals surface area contributed by atoms with Crippen LogP contribution in [0.3, 0.4) is 0 Å². The molecule has 0 radical (unpaired) electrons. The summed E-state index contributed by atoms with van der Waals surface area (Å²) in [6, 6.07) is 3.14. The van der Waals surface area contributed by atoms with E-state index in [9.17, 15) is 4.79 Å². The van der Waals surface area contributed by atoms with E-state index in [0.717, 1.165) is 0 Å². The largest absolute Gasteiger partial charge is 0.493 e. The Labute approximate surface area is 118 Å². The summed E-state index contributed by atoms with van der Waals surface area (Å²) < 4.78 is 15.6. The molecule has 0 atom stereocenters. The minimum Gasteiger partial charge on any atom is -0.493 e. The summed E-state index contributed by atoms with van der Waals surface area (Å²) in [5, 5.41) is 3.86. The van der Waals surface area contributed by atoms with Crippen molar-refractivity contribution >= 4 is 12.1 Å². The minimum atomic E-state index is -0.346.